The summed E-state index contributed by atoms with van der Waals surface area (Å²) in [6.45, 7) is 4.17. The summed E-state index contributed by atoms with van der Waals surface area (Å²) in [4.78, 5) is 36.8. The van der Waals surface area contributed by atoms with Crippen LogP contribution in [-0.4, -0.2) is 24.6 Å². The van der Waals surface area contributed by atoms with Gasteiger partial charge in [0.05, 0.1) is 25.5 Å². The first-order chi connectivity index (χ1) is 12.3. The van der Waals surface area contributed by atoms with E-state index in [1.165, 1.54) is 7.11 Å². The minimum Gasteiger partial charge on any atom is -0.469 e. The largest absolute Gasteiger partial charge is 0.469 e. The summed E-state index contributed by atoms with van der Waals surface area (Å²) in [7, 11) is 1.44. The molecule has 2 unspecified atom stereocenters. The topological polar surface area (TPSA) is 84.2 Å². The first-order valence-corrected chi connectivity index (χ1v) is 9.77. The first-order valence-electron chi connectivity index (χ1n) is 9.77. The van der Waals surface area contributed by atoms with Crippen molar-refractivity contribution in [3.05, 3.63) is 0 Å². The van der Waals surface area contributed by atoms with Crippen LogP contribution in [0.1, 0.15) is 65.2 Å². The Hall–Kier alpha value is -1.70. The number of rotatable bonds is 3. The first kappa shape index (κ1) is 19.1. The van der Waals surface area contributed by atoms with Gasteiger partial charge in [0.15, 0.2) is 0 Å². The number of ketones is 2. The molecule has 0 heterocycles. The maximum absolute atomic E-state index is 12.8. The zero-order valence-electron chi connectivity index (χ0n) is 16.0. The predicted octanol–water partition coefficient (Wildman–Crippen LogP) is 3.46. The van der Waals surface area contributed by atoms with Crippen molar-refractivity contribution < 1.29 is 19.1 Å². The monoisotopic (exact) mass is 359 g/mol. The van der Waals surface area contributed by atoms with E-state index in [0.717, 1.165) is 25.7 Å². The molecule has 0 aromatic carbocycles. The molecule has 26 heavy (non-hydrogen) atoms. The Labute approximate surface area is 155 Å². The molecule has 5 heteroatoms. The van der Waals surface area contributed by atoms with Gasteiger partial charge < -0.3 is 4.74 Å². The van der Waals surface area contributed by atoms with Gasteiger partial charge in [0.1, 0.15) is 11.6 Å². The van der Waals surface area contributed by atoms with Crippen LogP contribution >= 0.6 is 0 Å². The molecule has 0 aliphatic heterocycles. The molecule has 3 aliphatic rings. The summed E-state index contributed by atoms with van der Waals surface area (Å²) < 4.78 is 5.04. The van der Waals surface area contributed by atoms with Crippen LogP contribution in [0.4, 0.5) is 0 Å². The molecular formula is C21H29NO4. The van der Waals surface area contributed by atoms with Gasteiger partial charge in [-0.25, -0.2) is 0 Å². The average Bonchev–Trinajstić information content (AvgIpc) is 2.96. The molecule has 5 nitrogen and oxygen atoms in total. The minimum atomic E-state index is -0.514. The number of ether oxygens (including phenoxy) is 1. The SMILES string of the molecule is COC(=O)[C@H]1CC[C@H]2C(CC#N)C([C@@]3(C)CCC(=O)CC3=O)CC[C@]12C. The maximum Gasteiger partial charge on any atom is 0.309 e. The molecular weight excluding hydrogens is 330 g/mol. The second-order valence-electron chi connectivity index (χ2n) is 8.99. The van der Waals surface area contributed by atoms with Crippen molar-refractivity contribution in [1.29, 1.82) is 5.26 Å². The highest BCUT2D eigenvalue weighted by atomic mass is 16.5. The summed E-state index contributed by atoms with van der Waals surface area (Å²) in [5.41, 5.74) is -0.672. The van der Waals surface area contributed by atoms with Gasteiger partial charge in [-0.2, -0.15) is 5.26 Å². The number of nitrogens with zero attached hydrogens (tertiary/aromatic N) is 1. The van der Waals surface area contributed by atoms with Crippen LogP contribution in [0.5, 0.6) is 0 Å². The van der Waals surface area contributed by atoms with E-state index in [1.807, 2.05) is 6.92 Å². The molecule has 0 bridgehead atoms. The molecule has 3 rings (SSSR count). The highest BCUT2D eigenvalue weighted by Crippen LogP contribution is 2.63. The highest BCUT2D eigenvalue weighted by molar-refractivity contribution is 6.04. The Morgan fingerprint density at radius 1 is 1.19 bits per heavy atom. The molecule has 0 aromatic heterocycles. The second-order valence-corrected chi connectivity index (χ2v) is 8.99. The lowest BCUT2D eigenvalue weighted by Crippen LogP contribution is -2.51. The van der Waals surface area contributed by atoms with Crippen molar-refractivity contribution >= 4 is 17.5 Å². The van der Waals surface area contributed by atoms with E-state index in [2.05, 4.69) is 13.0 Å². The van der Waals surface area contributed by atoms with E-state index in [1.54, 1.807) is 0 Å². The summed E-state index contributed by atoms with van der Waals surface area (Å²) in [6.07, 6.45) is 4.93. The van der Waals surface area contributed by atoms with E-state index in [0.29, 0.717) is 19.3 Å². The van der Waals surface area contributed by atoms with Crippen molar-refractivity contribution in [3.8, 4) is 6.07 Å². The van der Waals surface area contributed by atoms with E-state index in [4.69, 9.17) is 4.74 Å². The molecule has 142 valence electrons. The van der Waals surface area contributed by atoms with Crippen molar-refractivity contribution in [2.75, 3.05) is 7.11 Å². The number of methoxy groups -OCH3 is 1. The predicted molar refractivity (Wildman–Crippen MR) is 94.8 cm³/mol. The molecule has 0 spiro atoms. The number of nitriles is 1. The lowest BCUT2D eigenvalue weighted by molar-refractivity contribution is -0.155. The minimum absolute atomic E-state index is 0.0385. The number of Topliss-reactive ketones (excluding diaryl/α,β-unsaturated/α-hetero) is 2. The van der Waals surface area contributed by atoms with Gasteiger partial charge in [0.25, 0.3) is 0 Å². The van der Waals surface area contributed by atoms with Crippen molar-refractivity contribution in [3.63, 3.8) is 0 Å². The van der Waals surface area contributed by atoms with Crippen LogP contribution < -0.4 is 0 Å². The zero-order chi connectivity index (χ0) is 19.1. The van der Waals surface area contributed by atoms with Crippen LogP contribution in [0.3, 0.4) is 0 Å². The van der Waals surface area contributed by atoms with Gasteiger partial charge in [-0.1, -0.05) is 13.8 Å². The van der Waals surface area contributed by atoms with Crippen LogP contribution in [0.15, 0.2) is 0 Å². The summed E-state index contributed by atoms with van der Waals surface area (Å²) >= 11 is 0. The quantitative estimate of drug-likeness (QED) is 0.569. The maximum atomic E-state index is 12.8. The fraction of sp³-hybridized carbons (Fsp3) is 0.810. The molecule has 3 fully saturated rings. The van der Waals surface area contributed by atoms with Crippen molar-refractivity contribution in [1.82, 2.24) is 0 Å². The highest BCUT2D eigenvalue weighted by Gasteiger charge is 2.60. The number of fused-ring (bicyclic) bond motifs is 1. The number of hydrogen-bond acceptors (Lipinski definition) is 5. The van der Waals surface area contributed by atoms with Gasteiger partial charge >= 0.3 is 5.97 Å². The van der Waals surface area contributed by atoms with Gasteiger partial charge in [-0.3, -0.25) is 14.4 Å². The van der Waals surface area contributed by atoms with Crippen LogP contribution in [0.2, 0.25) is 0 Å². The van der Waals surface area contributed by atoms with Crippen LogP contribution in [0, 0.1) is 45.8 Å². The van der Waals surface area contributed by atoms with Gasteiger partial charge in [0, 0.05) is 18.3 Å². The van der Waals surface area contributed by atoms with Crippen molar-refractivity contribution in [2.24, 2.45) is 34.5 Å². The smallest absolute Gasteiger partial charge is 0.309 e. The van der Waals surface area contributed by atoms with Gasteiger partial charge in [-0.15, -0.1) is 0 Å². The molecule has 0 radical (unpaired) electrons. The third-order valence-electron chi connectivity index (χ3n) is 7.99. The third-order valence-corrected chi connectivity index (χ3v) is 7.99. The summed E-state index contributed by atoms with van der Waals surface area (Å²) in [5.74, 6) is 0.315. The Morgan fingerprint density at radius 3 is 2.54 bits per heavy atom. The zero-order valence-corrected chi connectivity index (χ0v) is 16.0. The number of carbonyl (C=O) groups excluding carboxylic acids is 3. The number of esters is 1. The van der Waals surface area contributed by atoms with E-state index in [9.17, 15) is 19.6 Å². The van der Waals surface area contributed by atoms with Crippen LogP contribution in [-0.2, 0) is 19.1 Å². The van der Waals surface area contributed by atoms with Gasteiger partial charge in [-0.05, 0) is 55.3 Å². The molecule has 0 saturated heterocycles. The molecule has 6 atom stereocenters. The Balaban J connectivity index is 1.92. The van der Waals surface area contributed by atoms with Crippen LogP contribution in [0.25, 0.3) is 0 Å². The second kappa shape index (κ2) is 6.79. The normalized spacial score (nSPS) is 42.8. The molecule has 0 N–H and O–H groups in total. The van der Waals surface area contributed by atoms with E-state index < -0.39 is 5.41 Å². The molecule has 3 saturated carbocycles. The fourth-order valence-corrected chi connectivity index (χ4v) is 6.40. The Kier molecular flexibility index (Phi) is 4.98. The van der Waals surface area contributed by atoms with Crippen molar-refractivity contribution in [2.45, 2.75) is 65.2 Å². The standard InChI is InChI=1S/C21H29NO4/c1-20-10-7-16(21(2)9-6-13(23)12-18(21)24)14(8-11-22)15(20)4-5-17(20)19(25)26-3/h14-17H,4-10,12H2,1-3H3/t14?,15-,16?,17+,20-,21+/m0/s1. The van der Waals surface area contributed by atoms with E-state index in [-0.39, 0.29) is 53.0 Å². The lowest BCUT2D eigenvalue weighted by atomic mass is 9.50. The lowest BCUT2D eigenvalue weighted by Gasteiger charge is -2.53. The van der Waals surface area contributed by atoms with Gasteiger partial charge in [0.2, 0.25) is 0 Å². The Bertz CT molecular complexity index is 665. The summed E-state index contributed by atoms with van der Waals surface area (Å²) in [6, 6.07) is 2.34. The third kappa shape index (κ3) is 2.78. The number of carbonyl (C=O) groups is 3. The molecule has 3 aliphatic carbocycles. The van der Waals surface area contributed by atoms with E-state index >= 15 is 0 Å². The number of hydrogen-bond donors (Lipinski definition) is 0. The average molecular weight is 359 g/mol. The summed E-state index contributed by atoms with van der Waals surface area (Å²) in [5, 5.41) is 9.47. The molecule has 0 amide bonds. The Morgan fingerprint density at radius 2 is 1.92 bits per heavy atom. The molecule has 0 aromatic rings. The fourth-order valence-electron chi connectivity index (χ4n) is 6.40.